The zero-order valence-corrected chi connectivity index (χ0v) is 16.6. The van der Waals surface area contributed by atoms with Gasteiger partial charge in [0.15, 0.2) is 0 Å². The predicted octanol–water partition coefficient (Wildman–Crippen LogP) is 3.88. The van der Waals surface area contributed by atoms with Crippen molar-refractivity contribution in [3.05, 3.63) is 60.6 Å². The minimum absolute atomic E-state index is 0.0116. The Morgan fingerprint density at radius 1 is 1.00 bits per heavy atom. The van der Waals surface area contributed by atoms with Gasteiger partial charge in [-0.15, -0.1) is 0 Å². The lowest BCUT2D eigenvalue weighted by molar-refractivity contribution is -0.147. The van der Waals surface area contributed by atoms with Crippen molar-refractivity contribution in [1.29, 1.82) is 0 Å². The summed E-state index contributed by atoms with van der Waals surface area (Å²) < 4.78 is 79.8. The van der Waals surface area contributed by atoms with E-state index in [-0.39, 0.29) is 16.8 Å². The first-order valence-electron chi connectivity index (χ1n) is 8.62. The van der Waals surface area contributed by atoms with E-state index in [1.165, 1.54) is 36.8 Å². The molecule has 0 amide bonds. The molecule has 1 N–H and O–H groups in total. The van der Waals surface area contributed by atoms with Crippen molar-refractivity contribution in [2.24, 2.45) is 0 Å². The van der Waals surface area contributed by atoms with Gasteiger partial charge in [-0.25, -0.2) is 22.8 Å². The van der Waals surface area contributed by atoms with Crippen LogP contribution in [-0.2, 0) is 10.0 Å². The average Bonchev–Trinajstić information content (AvgIpc) is 2.68. The Morgan fingerprint density at radius 3 is 2.20 bits per heavy atom. The summed E-state index contributed by atoms with van der Waals surface area (Å²) in [7, 11) is -4.54. The van der Waals surface area contributed by atoms with E-state index in [4.69, 9.17) is 0 Å². The quantitative estimate of drug-likeness (QED) is 0.609. The first-order valence-corrected chi connectivity index (χ1v) is 10.1. The summed E-state index contributed by atoms with van der Waals surface area (Å²) in [4.78, 5) is 11.6. The fourth-order valence-electron chi connectivity index (χ4n) is 2.61. The van der Waals surface area contributed by atoms with Gasteiger partial charge < -0.3 is 0 Å². The van der Waals surface area contributed by atoms with E-state index in [2.05, 4.69) is 15.0 Å². The Balaban J connectivity index is 2.02. The normalized spacial score (nSPS) is 13.3. The maximum atomic E-state index is 14.7. The van der Waals surface area contributed by atoms with E-state index in [1.54, 1.807) is 11.6 Å². The molecule has 0 aliphatic rings. The highest BCUT2D eigenvalue weighted by Crippen LogP contribution is 2.30. The van der Waals surface area contributed by atoms with Gasteiger partial charge in [-0.2, -0.15) is 17.9 Å². The smallest absolute Gasteiger partial charge is 0.252 e. The molecule has 0 aliphatic heterocycles. The Labute approximate surface area is 170 Å². The number of hydrogen-bond acceptors (Lipinski definition) is 5. The van der Waals surface area contributed by atoms with Crippen LogP contribution in [0.25, 0.3) is 22.4 Å². The lowest BCUT2D eigenvalue weighted by Gasteiger charge is -2.18. The SMILES string of the molecule is Cc1ncc(-c2ncc(-c3ccccc3S(=O)(=O)N[C@@H](C)C(F)(F)F)cc2F)cn1. The van der Waals surface area contributed by atoms with Crippen LogP contribution in [0.5, 0.6) is 0 Å². The van der Waals surface area contributed by atoms with E-state index in [0.717, 1.165) is 12.1 Å². The van der Waals surface area contributed by atoms with Crippen molar-refractivity contribution in [2.75, 3.05) is 0 Å². The van der Waals surface area contributed by atoms with Gasteiger partial charge in [0.05, 0.1) is 4.90 Å². The molecule has 158 valence electrons. The molecule has 3 rings (SSSR count). The number of aromatic nitrogens is 3. The maximum Gasteiger partial charge on any atom is 0.404 e. The molecular formula is C19H16F4N4O2S. The molecular weight excluding hydrogens is 424 g/mol. The number of benzene rings is 1. The zero-order chi connectivity index (χ0) is 22.1. The predicted molar refractivity (Wildman–Crippen MR) is 101 cm³/mol. The van der Waals surface area contributed by atoms with Gasteiger partial charge in [0.2, 0.25) is 10.0 Å². The highest BCUT2D eigenvalue weighted by Gasteiger charge is 2.39. The largest absolute Gasteiger partial charge is 0.404 e. The minimum Gasteiger partial charge on any atom is -0.252 e. The summed E-state index contributed by atoms with van der Waals surface area (Å²) in [6.07, 6.45) is -0.726. The van der Waals surface area contributed by atoms with E-state index < -0.39 is 33.0 Å². The first-order chi connectivity index (χ1) is 14.0. The molecule has 2 heterocycles. The number of rotatable bonds is 5. The van der Waals surface area contributed by atoms with Gasteiger partial charge in [0, 0.05) is 35.3 Å². The van der Waals surface area contributed by atoms with Crippen LogP contribution in [0.15, 0.2) is 53.8 Å². The monoisotopic (exact) mass is 440 g/mol. The van der Waals surface area contributed by atoms with Crippen LogP contribution in [-0.4, -0.2) is 35.6 Å². The molecule has 30 heavy (non-hydrogen) atoms. The van der Waals surface area contributed by atoms with Gasteiger partial charge in [-0.05, 0) is 26.0 Å². The molecule has 1 aromatic carbocycles. The Bertz CT molecular complexity index is 1170. The molecule has 0 spiro atoms. The summed E-state index contributed by atoms with van der Waals surface area (Å²) in [5.74, 6) is -0.265. The second-order valence-corrected chi connectivity index (χ2v) is 8.14. The Morgan fingerprint density at radius 2 is 1.60 bits per heavy atom. The van der Waals surface area contributed by atoms with E-state index in [9.17, 15) is 26.0 Å². The van der Waals surface area contributed by atoms with Gasteiger partial charge in [-0.1, -0.05) is 18.2 Å². The molecule has 0 fully saturated rings. The van der Waals surface area contributed by atoms with Crippen molar-refractivity contribution in [3.8, 4) is 22.4 Å². The molecule has 0 saturated heterocycles. The number of halogens is 4. The average molecular weight is 440 g/mol. The minimum atomic E-state index is -4.76. The third-order valence-electron chi connectivity index (χ3n) is 4.21. The fourth-order valence-corrected chi connectivity index (χ4v) is 4.07. The molecule has 1 atom stereocenters. The molecule has 11 heteroatoms. The standard InChI is InChI=1S/C19H16F4N4O2S/c1-11(19(21,22)23)27-30(28,29)17-6-4-3-5-15(17)13-7-16(20)18(26-8-13)14-9-24-12(2)25-10-14/h3-11,27H,1-2H3/t11-/m0/s1. The second-order valence-electron chi connectivity index (χ2n) is 6.45. The molecule has 0 saturated carbocycles. The third kappa shape index (κ3) is 4.62. The molecule has 0 aliphatic carbocycles. The highest BCUT2D eigenvalue weighted by molar-refractivity contribution is 7.89. The molecule has 0 radical (unpaired) electrons. The molecule has 0 bridgehead atoms. The Kier molecular flexibility index (Phi) is 5.86. The van der Waals surface area contributed by atoms with Gasteiger partial charge >= 0.3 is 6.18 Å². The lowest BCUT2D eigenvalue weighted by Crippen LogP contribution is -2.43. The first kappa shape index (κ1) is 21.8. The summed E-state index contributed by atoms with van der Waals surface area (Å²) in [5.41, 5.74) is 0.386. The number of hydrogen-bond donors (Lipinski definition) is 1. The highest BCUT2D eigenvalue weighted by atomic mass is 32.2. The Hall–Kier alpha value is -2.92. The van der Waals surface area contributed by atoms with Crippen LogP contribution in [0.4, 0.5) is 17.6 Å². The number of sulfonamides is 1. The van der Waals surface area contributed by atoms with Crippen molar-refractivity contribution >= 4 is 10.0 Å². The molecule has 6 nitrogen and oxygen atoms in total. The summed E-state index contributed by atoms with van der Waals surface area (Å²) in [5, 5.41) is 0. The van der Waals surface area contributed by atoms with E-state index >= 15 is 0 Å². The third-order valence-corrected chi connectivity index (χ3v) is 5.80. The summed E-state index contributed by atoms with van der Waals surface area (Å²) in [6, 6.07) is 4.11. The van der Waals surface area contributed by atoms with Crippen LogP contribution >= 0.6 is 0 Å². The van der Waals surface area contributed by atoms with Crippen LogP contribution < -0.4 is 4.72 Å². The summed E-state index contributed by atoms with van der Waals surface area (Å²) in [6.45, 7) is 2.36. The van der Waals surface area contributed by atoms with Crippen LogP contribution in [0.3, 0.4) is 0 Å². The van der Waals surface area contributed by atoms with Crippen molar-refractivity contribution in [3.63, 3.8) is 0 Å². The van der Waals surface area contributed by atoms with Crippen molar-refractivity contribution < 1.29 is 26.0 Å². The van der Waals surface area contributed by atoms with Gasteiger partial charge in [-0.3, -0.25) is 4.98 Å². The van der Waals surface area contributed by atoms with Crippen LogP contribution in [0, 0.1) is 12.7 Å². The van der Waals surface area contributed by atoms with Crippen LogP contribution in [0.1, 0.15) is 12.7 Å². The summed E-state index contributed by atoms with van der Waals surface area (Å²) >= 11 is 0. The van der Waals surface area contributed by atoms with Crippen LogP contribution in [0.2, 0.25) is 0 Å². The second kappa shape index (κ2) is 8.07. The number of alkyl halides is 3. The van der Waals surface area contributed by atoms with Gasteiger partial charge in [0.25, 0.3) is 0 Å². The number of nitrogens with zero attached hydrogens (tertiary/aromatic N) is 3. The van der Waals surface area contributed by atoms with E-state index in [0.29, 0.717) is 18.3 Å². The maximum absolute atomic E-state index is 14.7. The van der Waals surface area contributed by atoms with E-state index in [1.807, 2.05) is 0 Å². The molecule has 3 aromatic rings. The zero-order valence-electron chi connectivity index (χ0n) is 15.8. The fraction of sp³-hybridized carbons (Fsp3) is 0.211. The molecule has 2 aromatic heterocycles. The topological polar surface area (TPSA) is 84.8 Å². The number of pyridine rings is 1. The molecule has 0 unspecified atom stereocenters. The van der Waals surface area contributed by atoms with Gasteiger partial charge in [0.1, 0.15) is 23.4 Å². The lowest BCUT2D eigenvalue weighted by atomic mass is 10.1. The van der Waals surface area contributed by atoms with Crippen molar-refractivity contribution in [1.82, 2.24) is 19.7 Å². The number of nitrogens with one attached hydrogen (secondary N) is 1. The number of aryl methyl sites for hydroxylation is 1. The van der Waals surface area contributed by atoms with Crippen molar-refractivity contribution in [2.45, 2.75) is 31.0 Å².